The summed E-state index contributed by atoms with van der Waals surface area (Å²) in [5.74, 6) is 0. The molecule has 178 valence electrons. The van der Waals surface area contributed by atoms with Crippen LogP contribution >= 0.6 is 0 Å². The fraction of sp³-hybridized carbons (Fsp3) is 0.0270. The first-order valence-corrected chi connectivity index (χ1v) is 13.2. The first-order valence-electron chi connectivity index (χ1n) is 13.2. The van der Waals surface area contributed by atoms with Crippen LogP contribution in [0.4, 0.5) is 0 Å². The molecule has 0 aliphatic rings. The van der Waals surface area contributed by atoms with Crippen LogP contribution in [0, 0.1) is 6.92 Å². The SMILES string of the molecule is Cc1c2ccccc2c(-c2ccc3c(c2)c2ccccc2n3-c2ccc3ccccc3c2)c2ccccc12. The molecular weight excluding hydrogens is 458 g/mol. The largest absolute Gasteiger partial charge is 0.309 e. The Morgan fingerprint density at radius 2 is 1.00 bits per heavy atom. The zero-order chi connectivity index (χ0) is 25.2. The molecule has 0 spiro atoms. The van der Waals surface area contributed by atoms with Crippen molar-refractivity contribution in [2.75, 3.05) is 0 Å². The normalized spacial score (nSPS) is 11.8. The van der Waals surface area contributed by atoms with Crippen LogP contribution in [0.2, 0.25) is 0 Å². The van der Waals surface area contributed by atoms with E-state index in [0.29, 0.717) is 0 Å². The maximum absolute atomic E-state index is 2.41. The second-order valence-corrected chi connectivity index (χ2v) is 10.2. The molecule has 0 bridgehead atoms. The van der Waals surface area contributed by atoms with Crippen LogP contribution in [-0.2, 0) is 0 Å². The number of nitrogens with zero attached hydrogens (tertiary/aromatic N) is 1. The third-order valence-electron chi connectivity index (χ3n) is 8.15. The maximum Gasteiger partial charge on any atom is 0.0541 e. The minimum atomic E-state index is 1.19. The monoisotopic (exact) mass is 483 g/mol. The summed E-state index contributed by atoms with van der Waals surface area (Å²) in [5.41, 5.74) is 7.56. The molecule has 0 unspecified atom stereocenters. The Balaban J connectivity index is 1.46. The number of hydrogen-bond acceptors (Lipinski definition) is 0. The summed E-state index contributed by atoms with van der Waals surface area (Å²) in [6.45, 7) is 2.24. The molecular formula is C37H25N. The number of fused-ring (bicyclic) bond motifs is 6. The van der Waals surface area contributed by atoms with Gasteiger partial charge in [0.15, 0.2) is 0 Å². The quantitative estimate of drug-likeness (QED) is 0.216. The highest BCUT2D eigenvalue weighted by atomic mass is 15.0. The predicted octanol–water partition coefficient (Wildman–Crippen LogP) is 10.2. The first kappa shape index (κ1) is 21.2. The minimum absolute atomic E-state index is 1.19. The molecule has 0 aliphatic heterocycles. The molecule has 0 aliphatic carbocycles. The number of aromatic nitrogens is 1. The molecule has 8 aromatic rings. The Kier molecular flexibility index (Phi) is 4.50. The third kappa shape index (κ3) is 2.99. The first-order chi connectivity index (χ1) is 18.8. The van der Waals surface area contributed by atoms with Crippen molar-refractivity contribution in [2.24, 2.45) is 0 Å². The van der Waals surface area contributed by atoms with Crippen LogP contribution in [0.3, 0.4) is 0 Å². The highest BCUT2D eigenvalue weighted by Crippen LogP contribution is 2.41. The zero-order valence-corrected chi connectivity index (χ0v) is 21.1. The molecule has 8 rings (SSSR count). The summed E-state index contributed by atoms with van der Waals surface area (Å²) in [6, 6.07) is 48.8. The van der Waals surface area contributed by atoms with Crippen LogP contribution in [0.1, 0.15) is 5.56 Å². The van der Waals surface area contributed by atoms with Gasteiger partial charge in [-0.2, -0.15) is 0 Å². The molecule has 0 radical (unpaired) electrons. The van der Waals surface area contributed by atoms with Crippen LogP contribution < -0.4 is 0 Å². The Hall–Kier alpha value is -4.88. The molecule has 1 heteroatoms. The lowest BCUT2D eigenvalue weighted by atomic mass is 9.88. The average molecular weight is 484 g/mol. The van der Waals surface area contributed by atoms with E-state index >= 15 is 0 Å². The van der Waals surface area contributed by atoms with E-state index in [1.54, 1.807) is 0 Å². The molecule has 1 nitrogen and oxygen atoms in total. The summed E-state index contributed by atoms with van der Waals surface area (Å²) < 4.78 is 2.41. The molecule has 0 atom stereocenters. The van der Waals surface area contributed by atoms with Gasteiger partial charge in [-0.3, -0.25) is 0 Å². The van der Waals surface area contributed by atoms with Crippen LogP contribution in [0.25, 0.3) is 70.9 Å². The van der Waals surface area contributed by atoms with E-state index in [2.05, 4.69) is 145 Å². The maximum atomic E-state index is 2.41. The van der Waals surface area contributed by atoms with Gasteiger partial charge in [0.2, 0.25) is 0 Å². The van der Waals surface area contributed by atoms with Gasteiger partial charge in [-0.25, -0.2) is 0 Å². The number of rotatable bonds is 2. The second kappa shape index (κ2) is 8.06. The fourth-order valence-electron chi connectivity index (χ4n) is 6.38. The van der Waals surface area contributed by atoms with E-state index in [9.17, 15) is 0 Å². The summed E-state index contributed by atoms with van der Waals surface area (Å²) >= 11 is 0. The van der Waals surface area contributed by atoms with Crippen LogP contribution in [0.5, 0.6) is 0 Å². The van der Waals surface area contributed by atoms with E-state index in [-0.39, 0.29) is 0 Å². The van der Waals surface area contributed by atoms with Crippen LogP contribution in [0.15, 0.2) is 133 Å². The number of para-hydroxylation sites is 1. The molecule has 1 heterocycles. The van der Waals surface area contributed by atoms with Crippen LogP contribution in [-0.4, -0.2) is 4.57 Å². The Morgan fingerprint density at radius 3 is 1.74 bits per heavy atom. The fourth-order valence-corrected chi connectivity index (χ4v) is 6.38. The van der Waals surface area contributed by atoms with Gasteiger partial charge in [0, 0.05) is 16.5 Å². The van der Waals surface area contributed by atoms with E-state index in [0.717, 1.165) is 0 Å². The lowest BCUT2D eigenvalue weighted by molar-refractivity contribution is 1.19. The van der Waals surface area contributed by atoms with Gasteiger partial charge in [-0.05, 0) is 86.3 Å². The van der Waals surface area contributed by atoms with Gasteiger partial charge in [0.05, 0.1) is 11.0 Å². The summed E-state index contributed by atoms with van der Waals surface area (Å²) in [5, 5.41) is 10.3. The zero-order valence-electron chi connectivity index (χ0n) is 21.1. The van der Waals surface area contributed by atoms with Gasteiger partial charge >= 0.3 is 0 Å². The van der Waals surface area contributed by atoms with Crippen molar-refractivity contribution >= 4 is 54.1 Å². The van der Waals surface area contributed by atoms with Crippen molar-refractivity contribution in [3.05, 3.63) is 139 Å². The van der Waals surface area contributed by atoms with Gasteiger partial charge in [-0.15, -0.1) is 0 Å². The van der Waals surface area contributed by atoms with Gasteiger partial charge in [0.25, 0.3) is 0 Å². The molecule has 7 aromatic carbocycles. The minimum Gasteiger partial charge on any atom is -0.309 e. The standard InChI is InChI=1S/C37H25N/c1-24-29-12-4-6-15-32(29)37(33-16-7-5-13-30(24)33)27-19-21-36-34(23-27)31-14-8-9-17-35(31)38(36)28-20-18-25-10-2-3-11-26(25)22-28/h2-23H,1H3. The molecule has 0 amide bonds. The smallest absolute Gasteiger partial charge is 0.0541 e. The van der Waals surface area contributed by atoms with Crippen molar-refractivity contribution in [1.82, 2.24) is 4.57 Å². The molecule has 0 fully saturated rings. The van der Waals surface area contributed by atoms with Crippen molar-refractivity contribution in [1.29, 1.82) is 0 Å². The average Bonchev–Trinajstić information content (AvgIpc) is 3.31. The summed E-state index contributed by atoms with van der Waals surface area (Å²) in [6.07, 6.45) is 0. The molecule has 0 saturated carbocycles. The molecule has 1 aromatic heterocycles. The second-order valence-electron chi connectivity index (χ2n) is 10.2. The Morgan fingerprint density at radius 1 is 0.421 bits per heavy atom. The van der Waals surface area contributed by atoms with Gasteiger partial charge in [0.1, 0.15) is 0 Å². The highest BCUT2D eigenvalue weighted by Gasteiger charge is 2.17. The Labute approximate surface area is 221 Å². The highest BCUT2D eigenvalue weighted by molar-refractivity contribution is 6.17. The number of benzene rings is 7. The van der Waals surface area contributed by atoms with Crippen molar-refractivity contribution in [3.8, 4) is 16.8 Å². The Bertz CT molecular complexity index is 2140. The topological polar surface area (TPSA) is 4.93 Å². The number of aryl methyl sites for hydroxylation is 1. The van der Waals surface area contributed by atoms with E-state index in [1.165, 1.54) is 76.5 Å². The molecule has 0 saturated heterocycles. The van der Waals surface area contributed by atoms with E-state index in [4.69, 9.17) is 0 Å². The van der Waals surface area contributed by atoms with Gasteiger partial charge < -0.3 is 4.57 Å². The van der Waals surface area contributed by atoms with Gasteiger partial charge in [-0.1, -0.05) is 103 Å². The van der Waals surface area contributed by atoms with E-state index < -0.39 is 0 Å². The van der Waals surface area contributed by atoms with Crippen molar-refractivity contribution in [3.63, 3.8) is 0 Å². The third-order valence-corrected chi connectivity index (χ3v) is 8.15. The number of hydrogen-bond donors (Lipinski definition) is 0. The molecule has 0 N–H and O–H groups in total. The molecule has 38 heavy (non-hydrogen) atoms. The lowest BCUT2D eigenvalue weighted by Crippen LogP contribution is -1.94. The van der Waals surface area contributed by atoms with E-state index in [1.807, 2.05) is 0 Å². The summed E-state index contributed by atoms with van der Waals surface area (Å²) in [7, 11) is 0. The van der Waals surface area contributed by atoms with Crippen molar-refractivity contribution in [2.45, 2.75) is 6.92 Å². The van der Waals surface area contributed by atoms with Crippen molar-refractivity contribution < 1.29 is 0 Å². The predicted molar refractivity (Wildman–Crippen MR) is 163 cm³/mol. The lowest BCUT2D eigenvalue weighted by Gasteiger charge is -2.15. The summed E-state index contributed by atoms with van der Waals surface area (Å²) in [4.78, 5) is 0.